The maximum atomic E-state index is 11.7. The van der Waals surface area contributed by atoms with Crippen molar-refractivity contribution in [3.8, 4) is 0 Å². The minimum atomic E-state index is -0.235. The number of thiazole rings is 1. The van der Waals surface area contributed by atoms with Crippen molar-refractivity contribution in [1.82, 2.24) is 15.6 Å². The van der Waals surface area contributed by atoms with Gasteiger partial charge < -0.3 is 15.7 Å². The van der Waals surface area contributed by atoms with Gasteiger partial charge in [0.2, 0.25) is 0 Å². The number of amides is 2. The Morgan fingerprint density at radius 1 is 1.50 bits per heavy atom. The van der Waals surface area contributed by atoms with E-state index in [0.29, 0.717) is 6.54 Å². The maximum Gasteiger partial charge on any atom is 0.315 e. The fraction of sp³-hybridized carbons (Fsp3) is 0.714. The molecule has 5 nitrogen and oxygen atoms in total. The first-order valence-corrected chi connectivity index (χ1v) is 7.68. The van der Waals surface area contributed by atoms with E-state index in [-0.39, 0.29) is 24.1 Å². The molecule has 2 amide bonds. The average molecular weight is 299 g/mol. The van der Waals surface area contributed by atoms with Crippen LogP contribution in [0.3, 0.4) is 0 Å². The van der Waals surface area contributed by atoms with Crippen LogP contribution < -0.4 is 10.6 Å². The van der Waals surface area contributed by atoms with E-state index >= 15 is 0 Å². The van der Waals surface area contributed by atoms with Crippen molar-refractivity contribution in [2.75, 3.05) is 13.2 Å². The second kappa shape index (κ2) is 7.59. The minimum Gasteiger partial charge on any atom is -0.394 e. The number of rotatable bonds is 6. The van der Waals surface area contributed by atoms with Gasteiger partial charge in [-0.05, 0) is 18.8 Å². The molecule has 6 heteroatoms. The number of carbonyl (C=O) groups excluding carboxylic acids is 1. The summed E-state index contributed by atoms with van der Waals surface area (Å²) in [4.78, 5) is 17.2. The number of hydrogen-bond donors (Lipinski definition) is 3. The van der Waals surface area contributed by atoms with Crippen LogP contribution in [0.2, 0.25) is 0 Å². The van der Waals surface area contributed by atoms with Gasteiger partial charge in [0.25, 0.3) is 0 Å². The van der Waals surface area contributed by atoms with Crippen LogP contribution in [-0.2, 0) is 6.42 Å². The van der Waals surface area contributed by atoms with E-state index in [4.69, 9.17) is 0 Å². The first kappa shape index (κ1) is 16.9. The highest BCUT2D eigenvalue weighted by Gasteiger charge is 2.19. The first-order valence-electron chi connectivity index (χ1n) is 6.86. The first-order chi connectivity index (χ1) is 9.30. The van der Waals surface area contributed by atoms with Gasteiger partial charge in [0.1, 0.15) is 0 Å². The molecule has 0 saturated heterocycles. The van der Waals surface area contributed by atoms with Gasteiger partial charge in [-0.2, -0.15) is 0 Å². The van der Waals surface area contributed by atoms with Gasteiger partial charge in [-0.25, -0.2) is 9.78 Å². The molecule has 0 radical (unpaired) electrons. The third kappa shape index (κ3) is 6.86. The van der Waals surface area contributed by atoms with E-state index in [1.807, 2.05) is 13.1 Å². The molecule has 20 heavy (non-hydrogen) atoms. The molecule has 1 aromatic heterocycles. The lowest BCUT2D eigenvalue weighted by molar-refractivity contribution is 0.191. The van der Waals surface area contributed by atoms with Crippen molar-refractivity contribution >= 4 is 17.4 Å². The van der Waals surface area contributed by atoms with Gasteiger partial charge in [0, 0.05) is 24.0 Å². The van der Waals surface area contributed by atoms with Crippen molar-refractivity contribution in [3.63, 3.8) is 0 Å². The molecule has 0 aromatic carbocycles. The maximum absolute atomic E-state index is 11.7. The SMILES string of the molecule is Cc1cnc(CCNC(=O)NC(CO)CC(C)(C)C)s1. The summed E-state index contributed by atoms with van der Waals surface area (Å²) in [5.74, 6) is 0. The van der Waals surface area contributed by atoms with E-state index in [2.05, 4.69) is 36.4 Å². The number of urea groups is 1. The molecular weight excluding hydrogens is 274 g/mol. The van der Waals surface area contributed by atoms with E-state index in [1.165, 1.54) is 4.88 Å². The standard InChI is InChI=1S/C14H25N3O2S/c1-10-8-16-12(20-10)5-6-15-13(19)17-11(9-18)7-14(2,3)4/h8,11,18H,5-7,9H2,1-4H3,(H2,15,17,19). The highest BCUT2D eigenvalue weighted by atomic mass is 32.1. The number of aromatic nitrogens is 1. The Morgan fingerprint density at radius 3 is 2.70 bits per heavy atom. The number of aryl methyl sites for hydroxylation is 1. The molecule has 1 unspecified atom stereocenters. The Morgan fingerprint density at radius 2 is 2.20 bits per heavy atom. The molecule has 0 fully saturated rings. The van der Waals surface area contributed by atoms with Crippen molar-refractivity contribution < 1.29 is 9.90 Å². The molecule has 0 saturated carbocycles. The topological polar surface area (TPSA) is 74.2 Å². The summed E-state index contributed by atoms with van der Waals surface area (Å²) in [7, 11) is 0. The summed E-state index contributed by atoms with van der Waals surface area (Å²) in [6.45, 7) is 8.77. The van der Waals surface area contributed by atoms with Gasteiger partial charge in [-0.1, -0.05) is 20.8 Å². The number of hydrogen-bond acceptors (Lipinski definition) is 4. The molecule has 1 heterocycles. The summed E-state index contributed by atoms with van der Waals surface area (Å²) >= 11 is 1.64. The lowest BCUT2D eigenvalue weighted by Crippen LogP contribution is -2.45. The smallest absolute Gasteiger partial charge is 0.315 e. The third-order valence-electron chi connectivity index (χ3n) is 2.71. The molecule has 0 aliphatic rings. The molecule has 0 bridgehead atoms. The quantitative estimate of drug-likeness (QED) is 0.753. The van der Waals surface area contributed by atoms with Crippen LogP contribution in [0, 0.1) is 12.3 Å². The van der Waals surface area contributed by atoms with Gasteiger partial charge >= 0.3 is 6.03 Å². The lowest BCUT2D eigenvalue weighted by atomic mass is 9.88. The number of carbonyl (C=O) groups is 1. The Bertz CT molecular complexity index is 426. The predicted molar refractivity (Wildman–Crippen MR) is 82.0 cm³/mol. The van der Waals surface area contributed by atoms with Crippen LogP contribution in [0.5, 0.6) is 0 Å². The third-order valence-corrected chi connectivity index (χ3v) is 3.68. The van der Waals surface area contributed by atoms with Crippen molar-refractivity contribution in [2.45, 2.75) is 46.6 Å². The summed E-state index contributed by atoms with van der Waals surface area (Å²) in [5, 5.41) is 15.9. The highest BCUT2D eigenvalue weighted by Crippen LogP contribution is 2.20. The molecule has 114 valence electrons. The molecule has 0 aliphatic carbocycles. The van der Waals surface area contributed by atoms with Crippen LogP contribution in [-0.4, -0.2) is 35.3 Å². The number of aliphatic hydroxyl groups excluding tert-OH is 1. The van der Waals surface area contributed by atoms with E-state index in [9.17, 15) is 9.90 Å². The predicted octanol–water partition coefficient (Wildman–Crippen LogP) is 2.09. The molecule has 1 aromatic rings. The monoisotopic (exact) mass is 299 g/mol. The van der Waals surface area contributed by atoms with Gasteiger partial charge in [0.15, 0.2) is 0 Å². The normalized spacial score (nSPS) is 13.1. The van der Waals surface area contributed by atoms with Crippen LogP contribution in [0.15, 0.2) is 6.20 Å². The number of nitrogens with zero attached hydrogens (tertiary/aromatic N) is 1. The molecule has 3 N–H and O–H groups in total. The van der Waals surface area contributed by atoms with Crippen molar-refractivity contribution in [1.29, 1.82) is 0 Å². The van der Waals surface area contributed by atoms with E-state index < -0.39 is 0 Å². The number of nitrogens with one attached hydrogen (secondary N) is 2. The zero-order valence-corrected chi connectivity index (χ0v) is 13.5. The minimum absolute atomic E-state index is 0.0453. The summed E-state index contributed by atoms with van der Waals surface area (Å²) in [5.41, 5.74) is 0.0685. The highest BCUT2D eigenvalue weighted by molar-refractivity contribution is 7.11. The van der Waals surface area contributed by atoms with Crippen LogP contribution in [0.25, 0.3) is 0 Å². The largest absolute Gasteiger partial charge is 0.394 e. The second-order valence-corrected chi connectivity index (χ2v) is 7.48. The Labute approximate surface area is 124 Å². The van der Waals surface area contributed by atoms with Crippen molar-refractivity contribution in [2.24, 2.45) is 5.41 Å². The Hall–Kier alpha value is -1.14. The van der Waals surface area contributed by atoms with E-state index in [1.54, 1.807) is 11.3 Å². The molecular formula is C14H25N3O2S. The second-order valence-electron chi connectivity index (χ2n) is 6.16. The molecule has 1 rings (SSSR count). The number of aliphatic hydroxyl groups is 1. The summed E-state index contributed by atoms with van der Waals surface area (Å²) in [6.07, 6.45) is 3.31. The van der Waals surface area contributed by atoms with Gasteiger partial charge in [0.05, 0.1) is 17.7 Å². The zero-order valence-electron chi connectivity index (χ0n) is 12.7. The molecule has 0 aliphatic heterocycles. The molecule has 1 atom stereocenters. The van der Waals surface area contributed by atoms with E-state index in [0.717, 1.165) is 17.8 Å². The fourth-order valence-corrected chi connectivity index (χ4v) is 2.72. The Balaban J connectivity index is 2.28. The van der Waals surface area contributed by atoms with Crippen LogP contribution in [0.4, 0.5) is 4.79 Å². The van der Waals surface area contributed by atoms with Crippen molar-refractivity contribution in [3.05, 3.63) is 16.1 Å². The van der Waals surface area contributed by atoms with Gasteiger partial charge in [-0.3, -0.25) is 0 Å². The summed E-state index contributed by atoms with van der Waals surface area (Å²) < 4.78 is 0. The fourth-order valence-electron chi connectivity index (χ4n) is 1.94. The zero-order chi connectivity index (χ0) is 15.2. The van der Waals surface area contributed by atoms with Crippen LogP contribution >= 0.6 is 11.3 Å². The summed E-state index contributed by atoms with van der Waals surface area (Å²) in [6, 6.07) is -0.446. The lowest BCUT2D eigenvalue weighted by Gasteiger charge is -2.25. The van der Waals surface area contributed by atoms with Crippen LogP contribution in [0.1, 0.15) is 37.1 Å². The average Bonchev–Trinajstić information content (AvgIpc) is 2.72. The van der Waals surface area contributed by atoms with Gasteiger partial charge in [-0.15, -0.1) is 11.3 Å². The molecule has 0 spiro atoms. The Kier molecular flexibility index (Phi) is 6.42.